The summed E-state index contributed by atoms with van der Waals surface area (Å²) >= 11 is 8.22. The summed E-state index contributed by atoms with van der Waals surface area (Å²) in [5.74, 6) is 1.69. The molecule has 0 aliphatic carbocycles. The molecule has 1 atom stereocenters. The van der Waals surface area contributed by atoms with E-state index in [1.165, 1.54) is 9.09 Å². The number of nitrogens with zero attached hydrogens (tertiary/aromatic N) is 3. The second-order valence-electron chi connectivity index (χ2n) is 5.02. The second kappa shape index (κ2) is 6.41. The standard InChI is InChI=1S/C14H19ClIN3/c1-10(18(2)3)9-19-13-5-4-11(16)8-12(13)17-14(19)6-7-15/h4-5,8,10H,6-7,9H2,1-3H3. The van der Waals surface area contributed by atoms with Crippen LogP contribution < -0.4 is 0 Å². The quantitative estimate of drug-likeness (QED) is 0.575. The maximum absolute atomic E-state index is 5.90. The third-order valence-corrected chi connectivity index (χ3v) is 4.30. The molecule has 0 fully saturated rings. The number of fused-ring (bicyclic) bond motifs is 1. The maximum atomic E-state index is 5.90. The highest BCUT2D eigenvalue weighted by Crippen LogP contribution is 2.20. The number of hydrogen-bond donors (Lipinski definition) is 0. The first kappa shape index (κ1) is 15.1. The Labute approximate surface area is 133 Å². The number of benzene rings is 1. The van der Waals surface area contributed by atoms with Crippen LogP contribution in [-0.4, -0.2) is 40.5 Å². The van der Waals surface area contributed by atoms with Crippen LogP contribution in [0.4, 0.5) is 0 Å². The van der Waals surface area contributed by atoms with Crippen molar-refractivity contribution in [1.82, 2.24) is 14.5 Å². The summed E-state index contributed by atoms with van der Waals surface area (Å²) in [4.78, 5) is 6.96. The van der Waals surface area contributed by atoms with E-state index < -0.39 is 0 Å². The van der Waals surface area contributed by atoms with E-state index >= 15 is 0 Å². The van der Waals surface area contributed by atoms with Crippen LogP contribution in [0.3, 0.4) is 0 Å². The number of aromatic nitrogens is 2. The van der Waals surface area contributed by atoms with Gasteiger partial charge in [0.25, 0.3) is 0 Å². The first-order chi connectivity index (χ1) is 9.02. The predicted octanol–water partition coefficient (Wildman–Crippen LogP) is 3.37. The minimum atomic E-state index is 0.464. The minimum Gasteiger partial charge on any atom is -0.326 e. The Morgan fingerprint density at radius 3 is 2.79 bits per heavy atom. The molecule has 2 rings (SSSR count). The van der Waals surface area contributed by atoms with Gasteiger partial charge in [-0.05, 0) is 61.8 Å². The van der Waals surface area contributed by atoms with Gasteiger partial charge >= 0.3 is 0 Å². The molecule has 0 spiro atoms. The SMILES string of the molecule is CC(Cn1c(CCCl)nc2cc(I)ccc21)N(C)C. The fraction of sp³-hybridized carbons (Fsp3) is 0.500. The Morgan fingerprint density at radius 2 is 2.16 bits per heavy atom. The van der Waals surface area contributed by atoms with Gasteiger partial charge in [0, 0.05) is 28.5 Å². The number of imidazole rings is 1. The van der Waals surface area contributed by atoms with Crippen LogP contribution in [0.5, 0.6) is 0 Å². The Morgan fingerprint density at radius 1 is 1.42 bits per heavy atom. The number of hydrogen-bond acceptors (Lipinski definition) is 2. The lowest BCUT2D eigenvalue weighted by atomic mass is 10.2. The van der Waals surface area contributed by atoms with Gasteiger partial charge in [-0.2, -0.15) is 0 Å². The summed E-state index contributed by atoms with van der Waals surface area (Å²) in [7, 11) is 4.21. The second-order valence-corrected chi connectivity index (χ2v) is 6.65. The van der Waals surface area contributed by atoms with Crippen molar-refractivity contribution in [2.24, 2.45) is 0 Å². The maximum Gasteiger partial charge on any atom is 0.111 e. The molecule has 0 aliphatic rings. The number of alkyl halides is 1. The molecule has 0 radical (unpaired) electrons. The van der Waals surface area contributed by atoms with Crippen molar-refractivity contribution in [1.29, 1.82) is 0 Å². The average Bonchev–Trinajstić information content (AvgIpc) is 2.67. The van der Waals surface area contributed by atoms with Crippen LogP contribution in [-0.2, 0) is 13.0 Å². The van der Waals surface area contributed by atoms with Crippen molar-refractivity contribution in [2.45, 2.75) is 25.9 Å². The molecular weight excluding hydrogens is 373 g/mol. The fourth-order valence-corrected chi connectivity index (χ4v) is 2.70. The summed E-state index contributed by atoms with van der Waals surface area (Å²) in [6, 6.07) is 6.88. The fourth-order valence-electron chi connectivity index (χ4n) is 2.06. The Hall–Kier alpha value is -0.330. The van der Waals surface area contributed by atoms with Crippen molar-refractivity contribution in [2.75, 3.05) is 20.0 Å². The molecule has 104 valence electrons. The molecule has 0 amide bonds. The van der Waals surface area contributed by atoms with E-state index in [4.69, 9.17) is 16.6 Å². The third kappa shape index (κ3) is 3.41. The molecule has 0 N–H and O–H groups in total. The van der Waals surface area contributed by atoms with Gasteiger partial charge in [-0.1, -0.05) is 0 Å². The van der Waals surface area contributed by atoms with Crippen molar-refractivity contribution in [3.8, 4) is 0 Å². The lowest BCUT2D eigenvalue weighted by Gasteiger charge is -2.21. The van der Waals surface area contributed by atoms with Crippen molar-refractivity contribution >= 4 is 45.2 Å². The van der Waals surface area contributed by atoms with E-state index in [1.54, 1.807) is 0 Å². The molecule has 1 aromatic carbocycles. The molecule has 19 heavy (non-hydrogen) atoms. The predicted molar refractivity (Wildman–Crippen MR) is 90.0 cm³/mol. The van der Waals surface area contributed by atoms with Gasteiger partial charge in [0.05, 0.1) is 11.0 Å². The van der Waals surface area contributed by atoms with Gasteiger partial charge in [-0.3, -0.25) is 0 Å². The van der Waals surface area contributed by atoms with Crippen LogP contribution >= 0.6 is 34.2 Å². The number of aryl methyl sites for hydroxylation is 1. The van der Waals surface area contributed by atoms with Crippen molar-refractivity contribution in [3.05, 3.63) is 27.6 Å². The number of halogens is 2. The van der Waals surface area contributed by atoms with Gasteiger partial charge in [0.2, 0.25) is 0 Å². The molecule has 0 saturated carbocycles. The summed E-state index contributed by atoms with van der Waals surface area (Å²) in [6.07, 6.45) is 0.812. The molecule has 5 heteroatoms. The van der Waals surface area contributed by atoms with Crippen LogP contribution in [0.15, 0.2) is 18.2 Å². The topological polar surface area (TPSA) is 21.1 Å². The first-order valence-electron chi connectivity index (χ1n) is 6.40. The smallest absolute Gasteiger partial charge is 0.111 e. The van der Waals surface area contributed by atoms with E-state index in [2.05, 4.69) is 71.3 Å². The van der Waals surface area contributed by atoms with Crippen molar-refractivity contribution < 1.29 is 0 Å². The lowest BCUT2D eigenvalue weighted by Crippen LogP contribution is -2.29. The van der Waals surface area contributed by atoms with Crippen LogP contribution in [0, 0.1) is 3.57 Å². The van der Waals surface area contributed by atoms with E-state index in [9.17, 15) is 0 Å². The zero-order chi connectivity index (χ0) is 14.0. The Bertz CT molecular complexity index is 565. The number of likely N-dealkylation sites (N-methyl/N-ethyl adjacent to an activating group) is 1. The zero-order valence-electron chi connectivity index (χ0n) is 11.5. The molecule has 0 bridgehead atoms. The van der Waals surface area contributed by atoms with E-state index in [-0.39, 0.29) is 0 Å². The first-order valence-corrected chi connectivity index (χ1v) is 8.01. The largest absolute Gasteiger partial charge is 0.326 e. The molecule has 1 unspecified atom stereocenters. The van der Waals surface area contributed by atoms with Gasteiger partial charge in [-0.25, -0.2) is 4.98 Å². The summed E-state index contributed by atoms with van der Waals surface area (Å²) in [5, 5.41) is 0. The summed E-state index contributed by atoms with van der Waals surface area (Å²) in [5.41, 5.74) is 2.27. The summed E-state index contributed by atoms with van der Waals surface area (Å²) < 4.78 is 3.52. The van der Waals surface area contributed by atoms with Gasteiger partial charge < -0.3 is 9.47 Å². The van der Waals surface area contributed by atoms with Gasteiger partial charge in [-0.15, -0.1) is 11.6 Å². The normalized spacial score (nSPS) is 13.4. The lowest BCUT2D eigenvalue weighted by molar-refractivity contribution is 0.284. The summed E-state index contributed by atoms with van der Waals surface area (Å²) in [6.45, 7) is 3.17. The Kier molecular flexibility index (Phi) is 5.09. The monoisotopic (exact) mass is 391 g/mol. The highest BCUT2D eigenvalue weighted by molar-refractivity contribution is 14.1. The highest BCUT2D eigenvalue weighted by atomic mass is 127. The van der Waals surface area contributed by atoms with Crippen LogP contribution in [0.1, 0.15) is 12.7 Å². The molecule has 1 aromatic heterocycles. The van der Waals surface area contributed by atoms with Crippen LogP contribution in [0.25, 0.3) is 11.0 Å². The molecule has 0 saturated heterocycles. The van der Waals surface area contributed by atoms with E-state index in [0.717, 1.165) is 24.3 Å². The molecule has 2 aromatic rings. The Balaban J connectivity index is 2.45. The third-order valence-electron chi connectivity index (χ3n) is 3.44. The average molecular weight is 392 g/mol. The highest BCUT2D eigenvalue weighted by Gasteiger charge is 2.14. The van der Waals surface area contributed by atoms with Gasteiger partial charge in [0.1, 0.15) is 5.82 Å². The molecular formula is C14H19ClIN3. The van der Waals surface area contributed by atoms with Crippen molar-refractivity contribution in [3.63, 3.8) is 0 Å². The van der Waals surface area contributed by atoms with Gasteiger partial charge in [0.15, 0.2) is 0 Å². The minimum absolute atomic E-state index is 0.464. The van der Waals surface area contributed by atoms with Crippen LogP contribution in [0.2, 0.25) is 0 Å². The zero-order valence-corrected chi connectivity index (χ0v) is 14.4. The molecule has 3 nitrogen and oxygen atoms in total. The van der Waals surface area contributed by atoms with E-state index in [1.807, 2.05) is 0 Å². The molecule has 1 heterocycles. The number of rotatable bonds is 5. The molecule has 0 aliphatic heterocycles. The van der Waals surface area contributed by atoms with E-state index in [0.29, 0.717) is 11.9 Å².